The number of fused-ring (bicyclic) bond motifs is 1. The van der Waals surface area contributed by atoms with E-state index in [4.69, 9.17) is 0 Å². The van der Waals surface area contributed by atoms with Crippen LogP contribution in [0.1, 0.15) is 36.6 Å². The predicted molar refractivity (Wildman–Crippen MR) is 109 cm³/mol. The predicted octanol–water partition coefficient (Wildman–Crippen LogP) is 2.61. The van der Waals surface area contributed by atoms with E-state index >= 15 is 0 Å². The Balaban J connectivity index is 1.74. The minimum atomic E-state index is -0.707. The minimum Gasteiger partial charge on any atom is -0.338 e. The molecule has 146 valence electrons. The summed E-state index contributed by atoms with van der Waals surface area (Å²) in [6, 6.07) is 16.3. The Bertz CT molecular complexity index is 1070. The third kappa shape index (κ3) is 3.54. The van der Waals surface area contributed by atoms with Gasteiger partial charge in [0.15, 0.2) is 5.78 Å². The van der Waals surface area contributed by atoms with E-state index in [9.17, 15) is 9.59 Å². The number of ketones is 1. The number of hydrogen-bond donors (Lipinski definition) is 1. The van der Waals surface area contributed by atoms with Crippen LogP contribution in [0.25, 0.3) is 5.57 Å². The summed E-state index contributed by atoms with van der Waals surface area (Å²) in [5.41, 5.74) is 3.92. The van der Waals surface area contributed by atoms with Crippen molar-refractivity contribution < 1.29 is 9.59 Å². The van der Waals surface area contributed by atoms with Crippen LogP contribution in [0, 0.1) is 0 Å². The SMILES string of the molecule is CC(=O)[C@@H](NC(=O)C1=C(C)N(n2cnnc2)Cc2ccccc21)c1ccccc1. The third-order valence-corrected chi connectivity index (χ3v) is 5.08. The zero-order valence-electron chi connectivity index (χ0n) is 16.2. The zero-order valence-corrected chi connectivity index (χ0v) is 16.2. The summed E-state index contributed by atoms with van der Waals surface area (Å²) in [6.45, 7) is 3.96. The normalized spacial score (nSPS) is 14.3. The minimum absolute atomic E-state index is 0.123. The van der Waals surface area contributed by atoms with Crippen molar-refractivity contribution in [3.8, 4) is 0 Å². The molecule has 3 aromatic rings. The third-order valence-electron chi connectivity index (χ3n) is 5.08. The quantitative estimate of drug-likeness (QED) is 0.728. The second-order valence-electron chi connectivity index (χ2n) is 6.94. The molecule has 0 saturated carbocycles. The Labute approximate surface area is 168 Å². The summed E-state index contributed by atoms with van der Waals surface area (Å²) in [7, 11) is 0. The van der Waals surface area contributed by atoms with Crippen LogP contribution in [-0.2, 0) is 16.1 Å². The van der Waals surface area contributed by atoms with E-state index in [0.29, 0.717) is 12.1 Å². The van der Waals surface area contributed by atoms with E-state index < -0.39 is 6.04 Å². The molecule has 0 spiro atoms. The number of nitrogens with one attached hydrogen (secondary N) is 1. The van der Waals surface area contributed by atoms with Crippen LogP contribution in [0.15, 0.2) is 72.9 Å². The van der Waals surface area contributed by atoms with Crippen LogP contribution in [0.3, 0.4) is 0 Å². The second-order valence-corrected chi connectivity index (χ2v) is 6.94. The summed E-state index contributed by atoms with van der Waals surface area (Å²) < 4.78 is 1.75. The molecular formula is C22H21N5O2. The molecule has 1 atom stereocenters. The van der Waals surface area contributed by atoms with Gasteiger partial charge in [-0.1, -0.05) is 54.6 Å². The summed E-state index contributed by atoms with van der Waals surface area (Å²) >= 11 is 0. The highest BCUT2D eigenvalue weighted by Crippen LogP contribution is 2.31. The number of benzene rings is 2. The van der Waals surface area contributed by atoms with E-state index in [1.165, 1.54) is 6.92 Å². The summed E-state index contributed by atoms with van der Waals surface area (Å²) in [6.07, 6.45) is 3.19. The van der Waals surface area contributed by atoms with E-state index in [-0.39, 0.29) is 11.7 Å². The number of carbonyl (C=O) groups is 2. The number of rotatable bonds is 5. The molecule has 2 aromatic carbocycles. The van der Waals surface area contributed by atoms with Crippen LogP contribution >= 0.6 is 0 Å². The lowest BCUT2D eigenvalue weighted by molar-refractivity contribution is -0.124. The Kier molecular flexibility index (Phi) is 4.95. The van der Waals surface area contributed by atoms with Crippen molar-refractivity contribution in [3.05, 3.63) is 89.6 Å². The number of Topliss-reactive ketones (excluding diaryl/α,β-unsaturated/α-hetero) is 1. The molecule has 29 heavy (non-hydrogen) atoms. The van der Waals surface area contributed by atoms with Crippen LogP contribution in [-0.4, -0.2) is 26.6 Å². The van der Waals surface area contributed by atoms with E-state index in [1.54, 1.807) is 17.3 Å². The Morgan fingerprint density at radius 2 is 1.66 bits per heavy atom. The summed E-state index contributed by atoms with van der Waals surface area (Å²) in [4.78, 5) is 25.7. The number of carbonyl (C=O) groups excluding carboxylic acids is 2. The van der Waals surface area contributed by atoms with Gasteiger partial charge in [0.25, 0.3) is 5.91 Å². The van der Waals surface area contributed by atoms with Crippen molar-refractivity contribution in [3.63, 3.8) is 0 Å². The van der Waals surface area contributed by atoms with Gasteiger partial charge in [-0.05, 0) is 30.5 Å². The maximum Gasteiger partial charge on any atom is 0.254 e. The average Bonchev–Trinajstić information content (AvgIpc) is 3.26. The maximum atomic E-state index is 13.4. The maximum absolute atomic E-state index is 13.4. The van der Waals surface area contributed by atoms with Crippen molar-refractivity contribution in [1.82, 2.24) is 20.2 Å². The first kappa shape index (κ1) is 18.6. The van der Waals surface area contributed by atoms with Gasteiger partial charge in [-0.15, -0.1) is 10.2 Å². The molecule has 1 aliphatic rings. The van der Waals surface area contributed by atoms with Gasteiger partial charge in [0, 0.05) is 5.70 Å². The fourth-order valence-electron chi connectivity index (χ4n) is 3.64. The van der Waals surface area contributed by atoms with Crippen molar-refractivity contribution in [1.29, 1.82) is 0 Å². The van der Waals surface area contributed by atoms with Gasteiger partial charge in [0.1, 0.15) is 18.7 Å². The molecule has 2 heterocycles. The molecule has 7 heteroatoms. The highest BCUT2D eigenvalue weighted by molar-refractivity contribution is 6.22. The van der Waals surface area contributed by atoms with Gasteiger partial charge in [0.05, 0.1) is 12.1 Å². The molecule has 0 unspecified atom stereocenters. The first-order valence-electron chi connectivity index (χ1n) is 9.34. The van der Waals surface area contributed by atoms with Gasteiger partial charge in [-0.2, -0.15) is 0 Å². The summed E-state index contributed by atoms with van der Waals surface area (Å²) in [5, 5.41) is 12.6. The molecule has 7 nitrogen and oxygen atoms in total. The van der Waals surface area contributed by atoms with E-state index in [1.807, 2.05) is 66.5 Å². The lowest BCUT2D eigenvalue weighted by Gasteiger charge is -2.33. The molecule has 0 aliphatic carbocycles. The van der Waals surface area contributed by atoms with Crippen LogP contribution in [0.4, 0.5) is 0 Å². The van der Waals surface area contributed by atoms with Crippen LogP contribution in [0.2, 0.25) is 0 Å². The largest absolute Gasteiger partial charge is 0.338 e. The number of aromatic nitrogens is 3. The van der Waals surface area contributed by atoms with Crippen LogP contribution < -0.4 is 10.3 Å². The molecule has 0 fully saturated rings. The highest BCUT2D eigenvalue weighted by Gasteiger charge is 2.29. The molecule has 1 aromatic heterocycles. The molecule has 1 N–H and O–H groups in total. The number of nitrogens with zero attached hydrogens (tertiary/aromatic N) is 4. The number of allylic oxidation sites excluding steroid dienone is 1. The molecular weight excluding hydrogens is 366 g/mol. The van der Waals surface area contributed by atoms with E-state index in [2.05, 4.69) is 15.5 Å². The number of hydrogen-bond acceptors (Lipinski definition) is 5. The van der Waals surface area contributed by atoms with Gasteiger partial charge < -0.3 is 5.32 Å². The molecule has 0 saturated heterocycles. The van der Waals surface area contributed by atoms with Gasteiger partial charge in [-0.3, -0.25) is 14.6 Å². The lowest BCUT2D eigenvalue weighted by atomic mass is 9.93. The van der Waals surface area contributed by atoms with Crippen molar-refractivity contribution in [2.24, 2.45) is 0 Å². The Morgan fingerprint density at radius 3 is 2.34 bits per heavy atom. The highest BCUT2D eigenvalue weighted by atomic mass is 16.2. The molecule has 1 aliphatic heterocycles. The van der Waals surface area contributed by atoms with Gasteiger partial charge in [-0.25, -0.2) is 4.68 Å². The van der Waals surface area contributed by atoms with E-state index in [0.717, 1.165) is 22.4 Å². The standard InChI is InChI=1S/C22H21N5O2/c1-15-20(22(29)25-21(16(2)28)17-8-4-3-5-9-17)19-11-7-6-10-18(19)12-27(15)26-13-23-24-14-26/h3-11,13-14,21H,12H2,1-2H3,(H,25,29)/t21-/m1/s1. The van der Waals surface area contributed by atoms with Crippen molar-refractivity contribution in [2.45, 2.75) is 26.4 Å². The first-order valence-corrected chi connectivity index (χ1v) is 9.34. The lowest BCUT2D eigenvalue weighted by Crippen LogP contribution is -2.40. The monoisotopic (exact) mass is 387 g/mol. The van der Waals surface area contributed by atoms with Crippen LogP contribution in [0.5, 0.6) is 0 Å². The summed E-state index contributed by atoms with van der Waals surface area (Å²) in [5.74, 6) is -0.417. The van der Waals surface area contributed by atoms with Gasteiger partial charge in [0.2, 0.25) is 0 Å². The molecule has 0 bridgehead atoms. The first-order chi connectivity index (χ1) is 14.1. The average molecular weight is 387 g/mol. The molecule has 1 amide bonds. The Hall–Kier alpha value is -3.74. The molecule has 4 rings (SSSR count). The fourth-order valence-corrected chi connectivity index (χ4v) is 3.64. The second kappa shape index (κ2) is 7.71. The fraction of sp³-hybridized carbons (Fsp3) is 0.182. The van der Waals surface area contributed by atoms with Gasteiger partial charge >= 0.3 is 0 Å². The van der Waals surface area contributed by atoms with Crippen molar-refractivity contribution >= 4 is 17.3 Å². The Morgan fingerprint density at radius 1 is 1.00 bits per heavy atom. The topological polar surface area (TPSA) is 80.1 Å². The smallest absolute Gasteiger partial charge is 0.254 e. The molecule has 0 radical (unpaired) electrons. The zero-order chi connectivity index (χ0) is 20.4. The van der Waals surface area contributed by atoms with Crippen molar-refractivity contribution in [2.75, 3.05) is 5.01 Å². The number of amides is 1.